The van der Waals surface area contributed by atoms with Gasteiger partial charge >= 0.3 is 0 Å². The molecule has 0 amide bonds. The summed E-state index contributed by atoms with van der Waals surface area (Å²) in [5, 5.41) is 0. The molecule has 2 nitrogen and oxygen atoms in total. The fourth-order valence-corrected chi connectivity index (χ4v) is 7.49. The molecule has 0 saturated carbocycles. The summed E-state index contributed by atoms with van der Waals surface area (Å²) in [6.07, 6.45) is 53.2. The van der Waals surface area contributed by atoms with Crippen LogP contribution in [0.15, 0.2) is 12.4 Å². The summed E-state index contributed by atoms with van der Waals surface area (Å²) in [4.78, 5) is 3.75. The monoisotopic (exact) mass is 630 g/mol. The lowest BCUT2D eigenvalue weighted by Gasteiger charge is -2.17. The zero-order chi connectivity index (χ0) is 32.5. The summed E-state index contributed by atoms with van der Waals surface area (Å²) >= 11 is 0. The van der Waals surface area contributed by atoms with Crippen LogP contribution in [0.5, 0.6) is 0 Å². The molecule has 0 saturated heterocycles. The minimum absolute atomic E-state index is 0.619. The van der Waals surface area contributed by atoms with Crippen LogP contribution in [0, 0.1) is 0 Å². The molecule has 0 aliphatic carbocycles. The first kappa shape index (κ1) is 42.2. The molecule has 2 atom stereocenters. The van der Waals surface area contributed by atoms with Crippen molar-refractivity contribution in [2.45, 2.75) is 258 Å². The summed E-state index contributed by atoms with van der Waals surface area (Å²) in [5.41, 5.74) is 0. The summed E-state index contributed by atoms with van der Waals surface area (Å²) in [6, 6.07) is 0.619. The highest BCUT2D eigenvalue weighted by molar-refractivity contribution is 4.90. The molecule has 2 heteroatoms. The third-order valence-corrected chi connectivity index (χ3v) is 10.6. The van der Waals surface area contributed by atoms with Gasteiger partial charge in [0.1, 0.15) is 12.4 Å². The molecule has 45 heavy (non-hydrogen) atoms. The van der Waals surface area contributed by atoms with Gasteiger partial charge in [0.2, 0.25) is 0 Å². The van der Waals surface area contributed by atoms with Crippen LogP contribution in [-0.4, -0.2) is 4.98 Å². The van der Waals surface area contributed by atoms with Crippen molar-refractivity contribution in [3.63, 3.8) is 0 Å². The van der Waals surface area contributed by atoms with Crippen molar-refractivity contribution in [1.29, 1.82) is 0 Å². The van der Waals surface area contributed by atoms with Gasteiger partial charge in [-0.05, 0) is 32.6 Å². The molecule has 1 N–H and O–H groups in total. The van der Waals surface area contributed by atoms with E-state index < -0.39 is 0 Å². The van der Waals surface area contributed by atoms with E-state index in [0.29, 0.717) is 12.0 Å². The lowest BCUT2D eigenvalue weighted by molar-refractivity contribution is -0.727. The molecule has 0 spiro atoms. The third kappa shape index (κ3) is 25.0. The van der Waals surface area contributed by atoms with Crippen LogP contribution in [-0.2, 0) is 0 Å². The average molecular weight is 630 g/mol. The SMILES string of the molecule is CCCCCCCCCCCCCCCCCCCC(CCCCCCCCCC)c1[nH]cc[n+]1C(C)CCCCCCCC. The maximum Gasteiger partial charge on any atom is 0.257 e. The molecule has 0 bridgehead atoms. The van der Waals surface area contributed by atoms with Crippen LogP contribution in [0.1, 0.15) is 264 Å². The first-order valence-corrected chi connectivity index (χ1v) is 21.3. The smallest absolute Gasteiger partial charge is 0.247 e. The second kappa shape index (κ2) is 33.1. The zero-order valence-corrected chi connectivity index (χ0v) is 31.8. The standard InChI is InChI=1S/C43H84N2/c1-5-8-11-14-17-19-20-21-22-23-24-25-26-27-29-32-35-38-42(37-34-31-28-18-15-12-9-6-2)43-44-39-40-45(43)41(4)36-33-30-16-13-10-7-3/h39-42H,5-38H2,1-4H3/p+1. The van der Waals surface area contributed by atoms with Gasteiger partial charge in [0, 0.05) is 0 Å². The van der Waals surface area contributed by atoms with Crippen molar-refractivity contribution in [2.75, 3.05) is 0 Å². The highest BCUT2D eigenvalue weighted by atomic mass is 15.1. The molecular formula is C43H85N2+. The number of hydrogen-bond acceptors (Lipinski definition) is 0. The van der Waals surface area contributed by atoms with Gasteiger partial charge in [-0.2, -0.15) is 0 Å². The first-order chi connectivity index (χ1) is 22.2. The van der Waals surface area contributed by atoms with Gasteiger partial charge in [-0.25, -0.2) is 9.55 Å². The zero-order valence-electron chi connectivity index (χ0n) is 31.8. The van der Waals surface area contributed by atoms with Crippen LogP contribution in [0.4, 0.5) is 0 Å². The van der Waals surface area contributed by atoms with Crippen molar-refractivity contribution < 1.29 is 4.57 Å². The summed E-state index contributed by atoms with van der Waals surface area (Å²) in [7, 11) is 0. The number of imidazole rings is 1. The van der Waals surface area contributed by atoms with Crippen LogP contribution < -0.4 is 4.57 Å². The van der Waals surface area contributed by atoms with Gasteiger partial charge in [-0.15, -0.1) is 0 Å². The number of aromatic amines is 1. The highest BCUT2D eigenvalue weighted by Crippen LogP contribution is 2.27. The Hall–Kier alpha value is -0.790. The van der Waals surface area contributed by atoms with E-state index in [0.717, 1.165) is 0 Å². The van der Waals surface area contributed by atoms with Gasteiger partial charge in [-0.1, -0.05) is 213 Å². The number of H-pyrrole nitrogens is 1. The summed E-state index contributed by atoms with van der Waals surface area (Å²) < 4.78 is 2.63. The Morgan fingerprint density at radius 1 is 0.422 bits per heavy atom. The van der Waals surface area contributed by atoms with E-state index in [1.165, 1.54) is 224 Å². The Bertz CT molecular complexity index is 694. The number of aromatic nitrogens is 2. The lowest BCUT2D eigenvalue weighted by Crippen LogP contribution is -2.41. The molecule has 0 radical (unpaired) electrons. The molecule has 0 aliphatic heterocycles. The van der Waals surface area contributed by atoms with Crippen LogP contribution in [0.2, 0.25) is 0 Å². The lowest BCUT2D eigenvalue weighted by atomic mass is 9.92. The van der Waals surface area contributed by atoms with E-state index in [9.17, 15) is 0 Å². The van der Waals surface area contributed by atoms with Crippen molar-refractivity contribution in [1.82, 2.24) is 4.98 Å². The molecular weight excluding hydrogens is 544 g/mol. The second-order valence-corrected chi connectivity index (χ2v) is 15.1. The summed E-state index contributed by atoms with van der Waals surface area (Å²) in [5.74, 6) is 2.25. The number of unbranched alkanes of at least 4 members (excludes halogenated alkanes) is 28. The highest BCUT2D eigenvalue weighted by Gasteiger charge is 2.25. The Labute approximate surface area is 285 Å². The maximum absolute atomic E-state index is 3.75. The van der Waals surface area contributed by atoms with Crippen LogP contribution in [0.25, 0.3) is 0 Å². The molecule has 2 unspecified atom stereocenters. The van der Waals surface area contributed by atoms with Crippen LogP contribution >= 0.6 is 0 Å². The minimum atomic E-state index is 0.619. The first-order valence-electron chi connectivity index (χ1n) is 21.3. The molecule has 0 fully saturated rings. The van der Waals surface area contributed by atoms with Crippen molar-refractivity contribution >= 4 is 0 Å². The number of nitrogens with zero attached hydrogens (tertiary/aromatic N) is 1. The molecule has 1 rings (SSSR count). The number of hydrogen-bond donors (Lipinski definition) is 1. The fourth-order valence-electron chi connectivity index (χ4n) is 7.49. The molecule has 266 valence electrons. The Balaban J connectivity index is 2.30. The molecule has 0 aliphatic rings. The number of rotatable bonds is 36. The van der Waals surface area contributed by atoms with Gasteiger partial charge in [0.05, 0.1) is 12.0 Å². The van der Waals surface area contributed by atoms with Gasteiger partial charge in [-0.3, -0.25) is 0 Å². The largest absolute Gasteiger partial charge is 0.257 e. The molecule has 0 aromatic carbocycles. The van der Waals surface area contributed by atoms with E-state index in [4.69, 9.17) is 0 Å². The second-order valence-electron chi connectivity index (χ2n) is 15.1. The maximum atomic E-state index is 3.75. The predicted octanol–water partition coefficient (Wildman–Crippen LogP) is 15.3. The minimum Gasteiger partial charge on any atom is -0.247 e. The third-order valence-electron chi connectivity index (χ3n) is 10.6. The quantitative estimate of drug-likeness (QED) is 0.0563. The molecule has 1 aromatic rings. The Morgan fingerprint density at radius 3 is 1.04 bits per heavy atom. The molecule has 1 heterocycles. The van der Waals surface area contributed by atoms with Crippen molar-refractivity contribution in [2.24, 2.45) is 0 Å². The molecule has 1 aromatic heterocycles. The van der Waals surface area contributed by atoms with Crippen LogP contribution in [0.3, 0.4) is 0 Å². The van der Waals surface area contributed by atoms with Gasteiger partial charge < -0.3 is 0 Å². The summed E-state index contributed by atoms with van der Waals surface area (Å²) in [6.45, 7) is 9.41. The van der Waals surface area contributed by atoms with Gasteiger partial charge in [0.15, 0.2) is 0 Å². The fraction of sp³-hybridized carbons (Fsp3) is 0.930. The van der Waals surface area contributed by atoms with Crippen molar-refractivity contribution in [3.05, 3.63) is 18.2 Å². The number of nitrogens with one attached hydrogen (secondary N) is 1. The van der Waals surface area contributed by atoms with Crippen molar-refractivity contribution in [3.8, 4) is 0 Å². The Kier molecular flexibility index (Phi) is 31.1. The van der Waals surface area contributed by atoms with E-state index in [1.54, 1.807) is 0 Å². The predicted molar refractivity (Wildman–Crippen MR) is 202 cm³/mol. The van der Waals surface area contributed by atoms with E-state index in [-0.39, 0.29) is 0 Å². The topological polar surface area (TPSA) is 19.7 Å². The van der Waals surface area contributed by atoms with E-state index in [1.807, 2.05) is 0 Å². The Morgan fingerprint density at radius 2 is 0.711 bits per heavy atom. The van der Waals surface area contributed by atoms with E-state index in [2.05, 4.69) is 49.6 Å². The van der Waals surface area contributed by atoms with E-state index >= 15 is 0 Å². The average Bonchev–Trinajstić information content (AvgIpc) is 3.54. The van der Waals surface area contributed by atoms with Gasteiger partial charge in [0.25, 0.3) is 5.82 Å². The normalized spacial score (nSPS) is 13.1.